The van der Waals surface area contributed by atoms with Gasteiger partial charge in [-0.1, -0.05) is 13.3 Å². The van der Waals surface area contributed by atoms with E-state index >= 15 is 0 Å². The summed E-state index contributed by atoms with van der Waals surface area (Å²) < 4.78 is 59.4. The topological polar surface area (TPSA) is 128 Å². The summed E-state index contributed by atoms with van der Waals surface area (Å²) in [7, 11) is -7.20. The van der Waals surface area contributed by atoms with Crippen LogP contribution in [0, 0.1) is 0 Å². The van der Waals surface area contributed by atoms with Gasteiger partial charge in [-0.25, -0.2) is 4.79 Å². The molecule has 0 aliphatic heterocycles. The van der Waals surface area contributed by atoms with Gasteiger partial charge < -0.3 is 15.0 Å². The number of carbonyl (C=O) groups excluding carboxylic acids is 1. The van der Waals surface area contributed by atoms with Crippen molar-refractivity contribution < 1.29 is 34.7 Å². The molecule has 0 unspecified atom stereocenters. The first-order valence-electron chi connectivity index (χ1n) is 9.42. The Morgan fingerprint density at radius 3 is 1.93 bits per heavy atom. The van der Waals surface area contributed by atoms with E-state index in [9.17, 15) is 21.6 Å². The van der Waals surface area contributed by atoms with Crippen molar-refractivity contribution in [2.24, 2.45) is 0 Å². The molecule has 0 saturated carbocycles. The number of hydrogen-bond acceptors (Lipinski definition) is 9. The van der Waals surface area contributed by atoms with E-state index in [1.807, 2.05) is 13.8 Å². The van der Waals surface area contributed by atoms with Crippen LogP contribution in [0.5, 0.6) is 5.75 Å². The highest BCUT2D eigenvalue weighted by atomic mass is 32.2. The molecular weight excluding hydrogens is 436 g/mol. The third kappa shape index (κ3) is 12.0. The van der Waals surface area contributed by atoms with Crippen LogP contribution < -0.4 is 15.0 Å². The first-order chi connectivity index (χ1) is 13.9. The normalized spacial score (nSPS) is 12.9. The first kappa shape index (κ1) is 26.1. The van der Waals surface area contributed by atoms with E-state index in [-0.39, 0.29) is 32.3 Å². The lowest BCUT2D eigenvalue weighted by Gasteiger charge is -2.24. The van der Waals surface area contributed by atoms with Gasteiger partial charge in [-0.2, -0.15) is 16.8 Å². The fourth-order valence-corrected chi connectivity index (χ4v) is 3.29. The van der Waals surface area contributed by atoms with Crippen molar-refractivity contribution in [3.8, 4) is 5.75 Å². The summed E-state index contributed by atoms with van der Waals surface area (Å²) >= 11 is 0. The second-order valence-corrected chi connectivity index (χ2v) is 10.0. The summed E-state index contributed by atoms with van der Waals surface area (Å²) in [5.74, 6) is 0.333. The van der Waals surface area contributed by atoms with Crippen LogP contribution in [0.4, 0.5) is 10.5 Å². The van der Waals surface area contributed by atoms with Crippen LogP contribution in [-0.2, 0) is 28.6 Å². The van der Waals surface area contributed by atoms with E-state index in [0.29, 0.717) is 11.4 Å². The monoisotopic (exact) mass is 466 g/mol. The average Bonchev–Trinajstić information content (AvgIpc) is 2.59. The molecule has 1 aromatic rings. The summed E-state index contributed by atoms with van der Waals surface area (Å²) in [5.41, 5.74) is 0.649. The highest BCUT2D eigenvalue weighted by Crippen LogP contribution is 2.20. The molecule has 1 rings (SSSR count). The molecular formula is C18H30N2O8S2. The van der Waals surface area contributed by atoms with E-state index < -0.39 is 26.3 Å². The van der Waals surface area contributed by atoms with Gasteiger partial charge in [0.1, 0.15) is 5.75 Å². The Balaban J connectivity index is 2.76. The van der Waals surface area contributed by atoms with Crippen LogP contribution in [0.2, 0.25) is 0 Å². The van der Waals surface area contributed by atoms with Gasteiger partial charge in [0.25, 0.3) is 20.2 Å². The van der Waals surface area contributed by atoms with Crippen molar-refractivity contribution >= 4 is 32.0 Å². The Morgan fingerprint density at radius 1 is 1.00 bits per heavy atom. The van der Waals surface area contributed by atoms with Crippen LogP contribution in [0.25, 0.3) is 0 Å². The number of benzene rings is 1. The van der Waals surface area contributed by atoms with Crippen molar-refractivity contribution in [2.45, 2.75) is 32.7 Å². The smallest absolute Gasteiger partial charge is 0.410 e. The molecule has 10 nitrogen and oxygen atoms in total. The fraction of sp³-hybridized carbons (Fsp3) is 0.611. The molecule has 1 atom stereocenters. The van der Waals surface area contributed by atoms with Gasteiger partial charge in [-0.15, -0.1) is 0 Å². The van der Waals surface area contributed by atoms with Crippen molar-refractivity contribution in [2.75, 3.05) is 43.7 Å². The van der Waals surface area contributed by atoms with E-state index in [1.165, 1.54) is 0 Å². The molecule has 0 fully saturated rings. The molecule has 0 saturated heterocycles. The van der Waals surface area contributed by atoms with Crippen LogP contribution >= 0.6 is 0 Å². The van der Waals surface area contributed by atoms with Crippen LogP contribution in [0.3, 0.4) is 0 Å². The van der Waals surface area contributed by atoms with E-state index in [2.05, 4.69) is 5.32 Å². The van der Waals surface area contributed by atoms with Gasteiger partial charge in [-0.3, -0.25) is 8.37 Å². The van der Waals surface area contributed by atoms with Gasteiger partial charge in [0.2, 0.25) is 0 Å². The largest absolute Gasteiger partial charge is 0.412 e. The number of carbonyl (C=O) groups is 1. The standard InChI is InChI=1S/C18H30N2O8S2/c1-5-6-15(2)19-18(21)28-17-9-7-16(8-10-17)20(11-13-26-29(3,22)23)12-14-27-30(4,24)25/h7-10,15H,5-6,11-14H2,1-4H3,(H,19,21)/t15-/m1/s1. The first-order valence-corrected chi connectivity index (χ1v) is 13.0. The molecule has 0 aliphatic rings. The summed E-state index contributed by atoms with van der Waals surface area (Å²) in [6, 6.07) is 6.50. The fourth-order valence-electron chi connectivity index (χ4n) is 2.54. The molecule has 0 aromatic heterocycles. The number of nitrogens with one attached hydrogen (secondary N) is 1. The predicted octanol–water partition coefficient (Wildman–Crippen LogP) is 1.72. The number of anilines is 1. The molecule has 30 heavy (non-hydrogen) atoms. The number of amides is 1. The Labute approximate surface area is 178 Å². The minimum Gasteiger partial charge on any atom is -0.410 e. The summed E-state index contributed by atoms with van der Waals surface area (Å²) in [6.45, 7) is 4.03. The zero-order valence-electron chi connectivity index (χ0n) is 17.7. The average molecular weight is 467 g/mol. The Kier molecular flexibility index (Phi) is 10.5. The second-order valence-electron chi connectivity index (χ2n) is 6.76. The summed E-state index contributed by atoms with van der Waals surface area (Å²) in [4.78, 5) is 13.6. The molecule has 0 spiro atoms. The maximum Gasteiger partial charge on any atom is 0.412 e. The Bertz CT molecular complexity index is 832. The Hall–Kier alpha value is -1.89. The van der Waals surface area contributed by atoms with Crippen LogP contribution in [-0.4, -0.2) is 67.8 Å². The third-order valence-corrected chi connectivity index (χ3v) is 5.01. The Morgan fingerprint density at radius 2 is 1.50 bits per heavy atom. The maximum absolute atomic E-state index is 11.9. The van der Waals surface area contributed by atoms with Crippen molar-refractivity contribution in [3.63, 3.8) is 0 Å². The summed E-state index contributed by atoms with van der Waals surface area (Å²) in [5, 5.41) is 2.73. The minimum atomic E-state index is -3.60. The molecule has 12 heteroatoms. The molecule has 0 heterocycles. The zero-order chi connectivity index (χ0) is 22.8. The van der Waals surface area contributed by atoms with E-state index in [1.54, 1.807) is 29.2 Å². The molecule has 1 aromatic carbocycles. The third-order valence-electron chi connectivity index (χ3n) is 3.82. The lowest BCUT2D eigenvalue weighted by atomic mass is 10.2. The second kappa shape index (κ2) is 12.1. The van der Waals surface area contributed by atoms with E-state index in [4.69, 9.17) is 13.1 Å². The van der Waals surface area contributed by atoms with Gasteiger partial charge >= 0.3 is 6.09 Å². The van der Waals surface area contributed by atoms with Crippen LogP contribution in [0.15, 0.2) is 24.3 Å². The van der Waals surface area contributed by atoms with Gasteiger partial charge in [0.15, 0.2) is 0 Å². The molecule has 1 N–H and O–H groups in total. The van der Waals surface area contributed by atoms with Crippen LogP contribution in [0.1, 0.15) is 26.7 Å². The molecule has 172 valence electrons. The lowest BCUT2D eigenvalue weighted by molar-refractivity contribution is 0.196. The molecule has 0 aliphatic carbocycles. The van der Waals surface area contributed by atoms with E-state index in [0.717, 1.165) is 25.4 Å². The summed E-state index contributed by atoms with van der Waals surface area (Å²) in [6.07, 6.45) is 3.13. The van der Waals surface area contributed by atoms with Crippen molar-refractivity contribution in [3.05, 3.63) is 24.3 Å². The molecule has 0 bridgehead atoms. The highest BCUT2D eigenvalue weighted by Gasteiger charge is 2.13. The lowest BCUT2D eigenvalue weighted by Crippen LogP contribution is -2.34. The predicted molar refractivity (Wildman–Crippen MR) is 114 cm³/mol. The quantitative estimate of drug-likeness (QED) is 0.432. The minimum absolute atomic E-state index is 0.00181. The molecule has 1 amide bonds. The van der Waals surface area contributed by atoms with Gasteiger partial charge in [-0.05, 0) is 37.6 Å². The van der Waals surface area contributed by atoms with Gasteiger partial charge in [0.05, 0.1) is 25.7 Å². The number of rotatable bonds is 13. The van der Waals surface area contributed by atoms with Crippen molar-refractivity contribution in [1.82, 2.24) is 5.32 Å². The number of ether oxygens (including phenoxy) is 1. The number of hydrogen-bond donors (Lipinski definition) is 1. The number of nitrogens with zero attached hydrogens (tertiary/aromatic N) is 1. The highest BCUT2D eigenvalue weighted by molar-refractivity contribution is 7.86. The maximum atomic E-state index is 11.9. The van der Waals surface area contributed by atoms with Gasteiger partial charge in [0, 0.05) is 24.8 Å². The van der Waals surface area contributed by atoms with Crippen molar-refractivity contribution in [1.29, 1.82) is 0 Å². The zero-order valence-corrected chi connectivity index (χ0v) is 19.3. The molecule has 0 radical (unpaired) electrons. The SMILES string of the molecule is CCC[C@@H](C)NC(=O)Oc1ccc(N(CCOS(C)(=O)=O)CCOS(C)(=O)=O)cc1.